The summed E-state index contributed by atoms with van der Waals surface area (Å²) in [7, 11) is 0. The number of anilines is 1. The summed E-state index contributed by atoms with van der Waals surface area (Å²) in [6.07, 6.45) is 1.81. The number of halogens is 3. The second-order valence-corrected chi connectivity index (χ2v) is 5.08. The van der Waals surface area contributed by atoms with E-state index < -0.39 is 24.9 Å². The Hall–Kier alpha value is -1.73. The van der Waals surface area contributed by atoms with Gasteiger partial charge in [0.05, 0.1) is 13.1 Å². The standard InChI is InChI=1S/C14H17F2N3O2.ClH/c15-14(16,7-17)8-18-12(20)9-3-5-11(6-4-9)19-13(21)10-1-2-10;/h3-6,10H,1-2,7-8,17H2,(H,18,20)(H,19,21);1H. The average molecular weight is 334 g/mol. The molecule has 1 saturated carbocycles. The van der Waals surface area contributed by atoms with Gasteiger partial charge < -0.3 is 16.4 Å². The predicted molar refractivity (Wildman–Crippen MR) is 81.4 cm³/mol. The lowest BCUT2D eigenvalue weighted by molar-refractivity contribution is -0.117. The third-order valence-electron chi connectivity index (χ3n) is 3.17. The first-order chi connectivity index (χ1) is 9.91. The van der Waals surface area contributed by atoms with Crippen LogP contribution in [-0.2, 0) is 4.79 Å². The number of carbonyl (C=O) groups is 2. The minimum absolute atomic E-state index is 0. The first-order valence-corrected chi connectivity index (χ1v) is 6.68. The zero-order valence-electron chi connectivity index (χ0n) is 11.8. The molecule has 1 fully saturated rings. The molecule has 1 aromatic carbocycles. The van der Waals surface area contributed by atoms with Gasteiger partial charge in [0.25, 0.3) is 11.8 Å². The van der Waals surface area contributed by atoms with Gasteiger partial charge in [-0.15, -0.1) is 12.4 Å². The minimum Gasteiger partial charge on any atom is -0.346 e. The Labute approximate surface area is 133 Å². The van der Waals surface area contributed by atoms with Crippen LogP contribution in [0.5, 0.6) is 0 Å². The van der Waals surface area contributed by atoms with Crippen molar-refractivity contribution in [3.05, 3.63) is 29.8 Å². The van der Waals surface area contributed by atoms with E-state index in [-0.39, 0.29) is 29.8 Å². The highest BCUT2D eigenvalue weighted by Gasteiger charge is 2.29. The van der Waals surface area contributed by atoms with E-state index in [1.54, 1.807) is 12.1 Å². The molecular formula is C14H18ClF2N3O2. The smallest absolute Gasteiger partial charge is 0.277 e. The molecule has 5 nitrogen and oxygen atoms in total. The lowest BCUT2D eigenvalue weighted by atomic mass is 10.2. The molecule has 1 aliphatic rings. The Morgan fingerprint density at radius 1 is 1.23 bits per heavy atom. The molecule has 4 N–H and O–H groups in total. The molecule has 2 amide bonds. The molecule has 0 atom stereocenters. The number of rotatable bonds is 6. The van der Waals surface area contributed by atoms with Crippen molar-refractivity contribution in [2.45, 2.75) is 18.8 Å². The molecule has 0 saturated heterocycles. The Kier molecular flexibility index (Phi) is 6.25. The van der Waals surface area contributed by atoms with Gasteiger partial charge in [-0.3, -0.25) is 9.59 Å². The summed E-state index contributed by atoms with van der Waals surface area (Å²) in [4.78, 5) is 23.2. The molecule has 0 heterocycles. The molecular weight excluding hydrogens is 316 g/mol. The highest BCUT2D eigenvalue weighted by Crippen LogP contribution is 2.30. The van der Waals surface area contributed by atoms with Crippen LogP contribution in [0.2, 0.25) is 0 Å². The van der Waals surface area contributed by atoms with Gasteiger partial charge in [-0.1, -0.05) is 0 Å². The van der Waals surface area contributed by atoms with Gasteiger partial charge in [0.1, 0.15) is 0 Å². The third kappa shape index (κ3) is 5.23. The van der Waals surface area contributed by atoms with E-state index in [1.165, 1.54) is 12.1 Å². The van der Waals surface area contributed by atoms with Crippen LogP contribution in [0.4, 0.5) is 14.5 Å². The highest BCUT2D eigenvalue weighted by atomic mass is 35.5. The highest BCUT2D eigenvalue weighted by molar-refractivity contribution is 5.96. The number of hydrogen-bond acceptors (Lipinski definition) is 3. The third-order valence-corrected chi connectivity index (χ3v) is 3.17. The Morgan fingerprint density at radius 2 is 1.82 bits per heavy atom. The molecule has 1 aliphatic carbocycles. The van der Waals surface area contributed by atoms with E-state index >= 15 is 0 Å². The summed E-state index contributed by atoms with van der Waals surface area (Å²) in [6, 6.07) is 6.07. The number of nitrogens with two attached hydrogens (primary N) is 1. The van der Waals surface area contributed by atoms with Crippen LogP contribution in [0.15, 0.2) is 24.3 Å². The SMILES string of the molecule is Cl.NCC(F)(F)CNC(=O)c1ccc(NC(=O)C2CC2)cc1. The lowest BCUT2D eigenvalue weighted by Gasteiger charge is -2.14. The lowest BCUT2D eigenvalue weighted by Crippen LogP contribution is -2.41. The maximum Gasteiger partial charge on any atom is 0.277 e. The van der Waals surface area contributed by atoms with Crippen LogP contribution >= 0.6 is 12.4 Å². The van der Waals surface area contributed by atoms with Gasteiger partial charge in [-0.05, 0) is 37.1 Å². The Bertz CT molecular complexity index is 533. The van der Waals surface area contributed by atoms with E-state index in [0.717, 1.165) is 12.8 Å². The second kappa shape index (κ2) is 7.51. The summed E-state index contributed by atoms with van der Waals surface area (Å²) in [5.74, 6) is -3.67. The number of amides is 2. The molecule has 0 unspecified atom stereocenters. The topological polar surface area (TPSA) is 84.2 Å². The molecule has 8 heteroatoms. The summed E-state index contributed by atoms with van der Waals surface area (Å²) in [5, 5.41) is 4.85. The van der Waals surface area contributed by atoms with Gasteiger partial charge in [0.15, 0.2) is 0 Å². The fourth-order valence-electron chi connectivity index (χ4n) is 1.68. The van der Waals surface area contributed by atoms with E-state index in [0.29, 0.717) is 5.69 Å². The fourth-order valence-corrected chi connectivity index (χ4v) is 1.68. The van der Waals surface area contributed by atoms with Crippen LogP contribution < -0.4 is 16.4 Å². The molecule has 2 rings (SSSR count). The van der Waals surface area contributed by atoms with Crippen molar-refractivity contribution in [2.75, 3.05) is 18.4 Å². The van der Waals surface area contributed by atoms with Gasteiger partial charge in [-0.25, -0.2) is 8.78 Å². The van der Waals surface area contributed by atoms with E-state index in [1.807, 2.05) is 0 Å². The number of hydrogen-bond donors (Lipinski definition) is 3. The van der Waals surface area contributed by atoms with Crippen molar-refractivity contribution in [3.8, 4) is 0 Å². The maximum atomic E-state index is 12.9. The summed E-state index contributed by atoms with van der Waals surface area (Å²) in [5.41, 5.74) is 5.71. The van der Waals surface area contributed by atoms with E-state index in [9.17, 15) is 18.4 Å². The number of carbonyl (C=O) groups excluding carboxylic acids is 2. The number of alkyl halides is 2. The maximum absolute atomic E-state index is 12.9. The average Bonchev–Trinajstić information content (AvgIpc) is 3.30. The number of nitrogens with one attached hydrogen (secondary N) is 2. The summed E-state index contributed by atoms with van der Waals surface area (Å²) < 4.78 is 25.9. The van der Waals surface area contributed by atoms with Crippen molar-refractivity contribution >= 4 is 29.9 Å². The molecule has 0 aliphatic heterocycles. The fraction of sp³-hybridized carbons (Fsp3) is 0.429. The van der Waals surface area contributed by atoms with Crippen LogP contribution in [0.25, 0.3) is 0 Å². The monoisotopic (exact) mass is 333 g/mol. The van der Waals surface area contributed by atoms with Crippen molar-refractivity contribution in [2.24, 2.45) is 11.7 Å². The zero-order chi connectivity index (χ0) is 15.5. The first-order valence-electron chi connectivity index (χ1n) is 6.68. The minimum atomic E-state index is -3.12. The molecule has 0 spiro atoms. The van der Waals surface area contributed by atoms with Crippen molar-refractivity contribution in [1.82, 2.24) is 5.32 Å². The molecule has 0 radical (unpaired) electrons. The number of benzene rings is 1. The van der Waals surface area contributed by atoms with Crippen molar-refractivity contribution < 1.29 is 18.4 Å². The van der Waals surface area contributed by atoms with E-state index in [2.05, 4.69) is 10.6 Å². The Balaban J connectivity index is 0.00000242. The van der Waals surface area contributed by atoms with Crippen LogP contribution in [0, 0.1) is 5.92 Å². The first kappa shape index (κ1) is 18.3. The second-order valence-electron chi connectivity index (χ2n) is 5.08. The van der Waals surface area contributed by atoms with Gasteiger partial charge in [0.2, 0.25) is 5.91 Å². The van der Waals surface area contributed by atoms with Gasteiger partial charge in [0, 0.05) is 17.2 Å². The molecule has 22 heavy (non-hydrogen) atoms. The molecule has 122 valence electrons. The van der Waals surface area contributed by atoms with Crippen LogP contribution in [0.1, 0.15) is 23.2 Å². The summed E-state index contributed by atoms with van der Waals surface area (Å²) >= 11 is 0. The molecule has 0 aromatic heterocycles. The normalized spacial score (nSPS) is 14.0. The van der Waals surface area contributed by atoms with E-state index in [4.69, 9.17) is 5.73 Å². The van der Waals surface area contributed by atoms with Gasteiger partial charge >= 0.3 is 0 Å². The predicted octanol–water partition coefficient (Wildman–Crippen LogP) is 1.78. The quantitative estimate of drug-likeness (QED) is 0.742. The largest absolute Gasteiger partial charge is 0.346 e. The molecule has 0 bridgehead atoms. The van der Waals surface area contributed by atoms with Crippen LogP contribution in [-0.4, -0.2) is 30.8 Å². The zero-order valence-corrected chi connectivity index (χ0v) is 12.6. The van der Waals surface area contributed by atoms with Gasteiger partial charge in [-0.2, -0.15) is 0 Å². The molecule has 1 aromatic rings. The van der Waals surface area contributed by atoms with Crippen LogP contribution in [0.3, 0.4) is 0 Å². The summed E-state index contributed by atoms with van der Waals surface area (Å²) in [6.45, 7) is -1.62. The van der Waals surface area contributed by atoms with Crippen molar-refractivity contribution in [3.63, 3.8) is 0 Å². The van der Waals surface area contributed by atoms with Crippen molar-refractivity contribution in [1.29, 1.82) is 0 Å². The Morgan fingerprint density at radius 3 is 2.32 bits per heavy atom.